The molecule has 0 amide bonds. The highest BCUT2D eigenvalue weighted by Crippen LogP contribution is 2.35. The van der Waals surface area contributed by atoms with Crippen molar-refractivity contribution in [1.29, 1.82) is 0 Å². The fraction of sp³-hybridized carbons (Fsp3) is 0.500. The van der Waals surface area contributed by atoms with Gasteiger partial charge in [-0.05, 0) is 37.9 Å². The third-order valence-corrected chi connectivity index (χ3v) is 3.96. The van der Waals surface area contributed by atoms with Gasteiger partial charge in [0, 0.05) is 28.7 Å². The summed E-state index contributed by atoms with van der Waals surface area (Å²) >= 11 is 0. The molecule has 0 aliphatic carbocycles. The molecule has 1 saturated heterocycles. The molecule has 108 valence electrons. The van der Waals surface area contributed by atoms with Gasteiger partial charge in [0.25, 0.3) is 0 Å². The molecule has 1 aliphatic rings. The second kappa shape index (κ2) is 5.85. The fourth-order valence-corrected chi connectivity index (χ4v) is 2.94. The number of aromatic nitrogens is 1. The summed E-state index contributed by atoms with van der Waals surface area (Å²) in [5, 5.41) is 15.0. The Hall–Kier alpha value is -1.52. The highest BCUT2D eigenvalue weighted by atomic mass is 16.5. The number of rotatable bonds is 5. The Balaban J connectivity index is 1.97. The summed E-state index contributed by atoms with van der Waals surface area (Å²) in [6, 6.07) is 6.12. The van der Waals surface area contributed by atoms with Crippen molar-refractivity contribution in [2.45, 2.75) is 38.3 Å². The molecule has 3 rings (SSSR count). The van der Waals surface area contributed by atoms with Crippen LogP contribution in [-0.4, -0.2) is 29.3 Å². The van der Waals surface area contributed by atoms with E-state index in [9.17, 15) is 5.11 Å². The third kappa shape index (κ3) is 2.41. The minimum Gasteiger partial charge on any atom is -0.493 e. The summed E-state index contributed by atoms with van der Waals surface area (Å²) in [5.41, 5.74) is 1.96. The van der Waals surface area contributed by atoms with Gasteiger partial charge in [-0.25, -0.2) is 0 Å². The van der Waals surface area contributed by atoms with Crippen LogP contribution in [0.1, 0.15) is 37.9 Å². The molecule has 0 spiro atoms. The summed E-state index contributed by atoms with van der Waals surface area (Å²) in [6.45, 7) is 3.78. The molecule has 0 bridgehead atoms. The number of benzene rings is 1. The molecule has 1 fully saturated rings. The van der Waals surface area contributed by atoms with Crippen molar-refractivity contribution >= 4 is 10.9 Å². The number of aliphatic hydroxyl groups excluding tert-OH is 1. The van der Waals surface area contributed by atoms with Gasteiger partial charge in [0.1, 0.15) is 5.75 Å². The highest BCUT2D eigenvalue weighted by Gasteiger charge is 2.26. The monoisotopic (exact) mass is 274 g/mol. The van der Waals surface area contributed by atoms with E-state index in [4.69, 9.17) is 4.74 Å². The largest absolute Gasteiger partial charge is 0.493 e. The van der Waals surface area contributed by atoms with E-state index < -0.39 is 6.10 Å². The fourth-order valence-electron chi connectivity index (χ4n) is 2.94. The van der Waals surface area contributed by atoms with Crippen LogP contribution in [0.4, 0.5) is 0 Å². The van der Waals surface area contributed by atoms with E-state index in [1.54, 1.807) is 0 Å². The Labute approximate surface area is 119 Å². The zero-order valence-corrected chi connectivity index (χ0v) is 11.9. The van der Waals surface area contributed by atoms with Crippen LogP contribution in [0.5, 0.6) is 5.75 Å². The number of H-pyrrole nitrogens is 1. The van der Waals surface area contributed by atoms with Gasteiger partial charge < -0.3 is 20.1 Å². The first-order chi connectivity index (χ1) is 9.81. The number of hydrogen-bond donors (Lipinski definition) is 3. The lowest BCUT2D eigenvalue weighted by Crippen LogP contribution is -2.28. The molecule has 4 nitrogen and oxygen atoms in total. The standard InChI is InChI=1S/C16H22N2O2/c1-2-9-20-14-7-3-5-12-15(14)11(10-18-12)16(19)13-6-4-8-17-13/h3,5,7,10,13,16-19H,2,4,6,8-9H2,1H3. The first kappa shape index (κ1) is 13.5. The lowest BCUT2D eigenvalue weighted by molar-refractivity contribution is 0.138. The van der Waals surface area contributed by atoms with Gasteiger partial charge >= 0.3 is 0 Å². The van der Waals surface area contributed by atoms with Crippen molar-refractivity contribution in [1.82, 2.24) is 10.3 Å². The Morgan fingerprint density at radius 2 is 2.35 bits per heavy atom. The van der Waals surface area contributed by atoms with E-state index in [0.29, 0.717) is 6.61 Å². The molecular formula is C16H22N2O2. The van der Waals surface area contributed by atoms with E-state index in [0.717, 1.165) is 48.0 Å². The van der Waals surface area contributed by atoms with Crippen LogP contribution >= 0.6 is 0 Å². The molecule has 4 heteroatoms. The normalized spacial score (nSPS) is 20.4. The number of fused-ring (bicyclic) bond motifs is 1. The van der Waals surface area contributed by atoms with Gasteiger partial charge in [-0.1, -0.05) is 13.0 Å². The number of nitrogens with one attached hydrogen (secondary N) is 2. The molecule has 1 aliphatic heterocycles. The van der Waals surface area contributed by atoms with Crippen LogP contribution < -0.4 is 10.1 Å². The number of hydrogen-bond acceptors (Lipinski definition) is 3. The molecule has 20 heavy (non-hydrogen) atoms. The summed E-state index contributed by atoms with van der Waals surface area (Å²) in [6.07, 6.45) is 4.55. The predicted octanol–water partition coefficient (Wildman–Crippen LogP) is 2.74. The maximum absolute atomic E-state index is 10.6. The average Bonchev–Trinajstić information content (AvgIpc) is 3.13. The van der Waals surface area contributed by atoms with Gasteiger partial charge in [0.05, 0.1) is 12.7 Å². The molecule has 2 heterocycles. The third-order valence-electron chi connectivity index (χ3n) is 3.96. The second-order valence-electron chi connectivity index (χ2n) is 5.42. The SMILES string of the molecule is CCCOc1cccc2[nH]cc(C(O)C3CCCN3)c12. The number of aromatic amines is 1. The van der Waals surface area contributed by atoms with Gasteiger partial charge in [-0.3, -0.25) is 0 Å². The predicted molar refractivity (Wildman–Crippen MR) is 80.1 cm³/mol. The summed E-state index contributed by atoms with van der Waals surface area (Å²) in [4.78, 5) is 3.24. The first-order valence-corrected chi connectivity index (χ1v) is 7.45. The number of aliphatic hydroxyl groups is 1. The summed E-state index contributed by atoms with van der Waals surface area (Å²) in [7, 11) is 0. The van der Waals surface area contributed by atoms with E-state index in [1.165, 1.54) is 0 Å². The Bertz CT molecular complexity index is 573. The highest BCUT2D eigenvalue weighted by molar-refractivity contribution is 5.89. The van der Waals surface area contributed by atoms with Crippen LogP contribution in [0.2, 0.25) is 0 Å². The topological polar surface area (TPSA) is 57.3 Å². The molecule has 0 radical (unpaired) electrons. The van der Waals surface area contributed by atoms with Gasteiger partial charge in [0.15, 0.2) is 0 Å². The molecule has 2 aromatic rings. The lowest BCUT2D eigenvalue weighted by atomic mass is 10.00. The van der Waals surface area contributed by atoms with Crippen LogP contribution in [-0.2, 0) is 0 Å². The maximum Gasteiger partial charge on any atom is 0.129 e. The molecule has 0 saturated carbocycles. The van der Waals surface area contributed by atoms with Crippen molar-refractivity contribution in [3.63, 3.8) is 0 Å². The van der Waals surface area contributed by atoms with E-state index in [-0.39, 0.29) is 6.04 Å². The molecule has 3 N–H and O–H groups in total. The van der Waals surface area contributed by atoms with Crippen molar-refractivity contribution in [3.8, 4) is 5.75 Å². The van der Waals surface area contributed by atoms with Crippen molar-refractivity contribution in [2.24, 2.45) is 0 Å². The Kier molecular flexibility index (Phi) is 3.94. The van der Waals surface area contributed by atoms with E-state index >= 15 is 0 Å². The molecule has 1 aromatic heterocycles. The van der Waals surface area contributed by atoms with Gasteiger partial charge in [-0.2, -0.15) is 0 Å². The maximum atomic E-state index is 10.6. The van der Waals surface area contributed by atoms with Crippen LogP contribution in [0.3, 0.4) is 0 Å². The minimum absolute atomic E-state index is 0.147. The molecular weight excluding hydrogens is 252 g/mol. The minimum atomic E-state index is -0.488. The molecule has 2 unspecified atom stereocenters. The zero-order chi connectivity index (χ0) is 13.9. The van der Waals surface area contributed by atoms with Crippen molar-refractivity contribution < 1.29 is 9.84 Å². The smallest absolute Gasteiger partial charge is 0.129 e. The molecule has 1 aromatic carbocycles. The second-order valence-corrected chi connectivity index (χ2v) is 5.42. The Morgan fingerprint density at radius 3 is 3.10 bits per heavy atom. The number of ether oxygens (including phenoxy) is 1. The van der Waals surface area contributed by atoms with Crippen LogP contribution in [0.25, 0.3) is 10.9 Å². The quantitative estimate of drug-likeness (QED) is 0.785. The van der Waals surface area contributed by atoms with Gasteiger partial charge in [0.2, 0.25) is 0 Å². The van der Waals surface area contributed by atoms with Crippen molar-refractivity contribution in [2.75, 3.05) is 13.2 Å². The van der Waals surface area contributed by atoms with Crippen LogP contribution in [0.15, 0.2) is 24.4 Å². The zero-order valence-electron chi connectivity index (χ0n) is 11.9. The average molecular weight is 274 g/mol. The summed E-state index contributed by atoms with van der Waals surface area (Å²) < 4.78 is 5.83. The van der Waals surface area contributed by atoms with E-state index in [2.05, 4.69) is 17.2 Å². The lowest BCUT2D eigenvalue weighted by Gasteiger charge is -2.18. The van der Waals surface area contributed by atoms with Crippen LogP contribution in [0, 0.1) is 0 Å². The first-order valence-electron chi connectivity index (χ1n) is 7.45. The van der Waals surface area contributed by atoms with E-state index in [1.807, 2.05) is 24.4 Å². The summed E-state index contributed by atoms with van der Waals surface area (Å²) in [5.74, 6) is 0.859. The molecule has 2 atom stereocenters. The van der Waals surface area contributed by atoms with Gasteiger partial charge in [-0.15, -0.1) is 0 Å². The van der Waals surface area contributed by atoms with Crippen molar-refractivity contribution in [3.05, 3.63) is 30.0 Å². The Morgan fingerprint density at radius 1 is 1.45 bits per heavy atom.